The molecule has 10 nitrogen and oxygen atoms in total. The van der Waals surface area contributed by atoms with Crippen molar-refractivity contribution in [2.24, 2.45) is 0 Å². The van der Waals surface area contributed by atoms with Crippen LogP contribution in [0.5, 0.6) is 11.5 Å². The molecule has 3 aromatic heterocycles. The van der Waals surface area contributed by atoms with Crippen molar-refractivity contribution in [1.82, 2.24) is 24.6 Å². The summed E-state index contributed by atoms with van der Waals surface area (Å²) in [6.45, 7) is 2.43. The van der Waals surface area contributed by atoms with E-state index < -0.39 is 5.97 Å². The lowest BCUT2D eigenvalue weighted by Crippen LogP contribution is -2.12. The van der Waals surface area contributed by atoms with Gasteiger partial charge in [-0.05, 0) is 36.8 Å². The summed E-state index contributed by atoms with van der Waals surface area (Å²) in [7, 11) is 3.18. The van der Waals surface area contributed by atoms with E-state index in [4.69, 9.17) is 14.2 Å². The number of pyridine rings is 1. The van der Waals surface area contributed by atoms with E-state index in [0.29, 0.717) is 35.5 Å². The van der Waals surface area contributed by atoms with Crippen molar-refractivity contribution in [1.29, 1.82) is 0 Å². The summed E-state index contributed by atoms with van der Waals surface area (Å²) in [5, 5.41) is 7.80. The Morgan fingerprint density at radius 2 is 1.88 bits per heavy atom. The van der Waals surface area contributed by atoms with Crippen LogP contribution in [0.2, 0.25) is 0 Å². The summed E-state index contributed by atoms with van der Waals surface area (Å²) in [5.41, 5.74) is 2.29. The van der Waals surface area contributed by atoms with E-state index in [1.807, 2.05) is 18.2 Å². The molecule has 10 heteroatoms. The lowest BCUT2D eigenvalue weighted by Gasteiger charge is -2.11. The topological polar surface area (TPSA) is 113 Å². The lowest BCUT2D eigenvalue weighted by atomic mass is 10.2. The van der Waals surface area contributed by atoms with Crippen molar-refractivity contribution in [3.05, 3.63) is 60.0 Å². The van der Waals surface area contributed by atoms with Gasteiger partial charge in [0.25, 0.3) is 0 Å². The molecule has 0 aliphatic rings. The Balaban J connectivity index is 1.70. The van der Waals surface area contributed by atoms with Gasteiger partial charge in [-0.15, -0.1) is 5.10 Å². The fraction of sp³-hybridized carbons (Fsp3) is 0.227. The molecule has 0 aliphatic carbocycles. The van der Waals surface area contributed by atoms with Gasteiger partial charge in [-0.1, -0.05) is 6.07 Å². The number of hydrogen-bond donors (Lipinski definition) is 1. The Morgan fingerprint density at radius 1 is 1.09 bits per heavy atom. The van der Waals surface area contributed by atoms with Crippen LogP contribution in [-0.4, -0.2) is 51.4 Å². The number of ether oxygens (including phenoxy) is 3. The molecule has 0 spiro atoms. The lowest BCUT2D eigenvalue weighted by molar-refractivity contribution is 0.0527. The summed E-state index contributed by atoms with van der Waals surface area (Å²) in [5.74, 6) is 1.64. The highest BCUT2D eigenvalue weighted by Gasteiger charge is 2.19. The number of anilines is 1. The second-order valence-corrected chi connectivity index (χ2v) is 6.67. The summed E-state index contributed by atoms with van der Waals surface area (Å²) in [4.78, 5) is 25.4. The molecule has 0 aliphatic heterocycles. The first-order chi connectivity index (χ1) is 15.6. The molecule has 0 amide bonds. The highest BCUT2D eigenvalue weighted by molar-refractivity contribution is 5.96. The molecular formula is C22H22N6O4. The zero-order valence-electron chi connectivity index (χ0n) is 17.9. The van der Waals surface area contributed by atoms with Gasteiger partial charge < -0.3 is 19.5 Å². The van der Waals surface area contributed by atoms with Crippen molar-refractivity contribution in [2.45, 2.75) is 13.5 Å². The van der Waals surface area contributed by atoms with E-state index in [9.17, 15) is 4.79 Å². The van der Waals surface area contributed by atoms with Gasteiger partial charge >= 0.3 is 5.97 Å². The van der Waals surface area contributed by atoms with Gasteiger partial charge in [0.1, 0.15) is 5.56 Å². The Hall–Kier alpha value is -4.21. The quantitative estimate of drug-likeness (QED) is 0.418. The largest absolute Gasteiger partial charge is 0.493 e. The number of nitrogens with zero attached hydrogens (tertiary/aromatic N) is 5. The molecule has 1 N–H and O–H groups in total. The minimum Gasteiger partial charge on any atom is -0.493 e. The van der Waals surface area contributed by atoms with Crippen LogP contribution in [-0.2, 0) is 11.3 Å². The Labute approximate surface area is 184 Å². The van der Waals surface area contributed by atoms with E-state index in [1.165, 1.54) is 10.7 Å². The van der Waals surface area contributed by atoms with Crippen molar-refractivity contribution in [3.8, 4) is 22.9 Å². The van der Waals surface area contributed by atoms with Crippen LogP contribution >= 0.6 is 0 Å². The van der Waals surface area contributed by atoms with Gasteiger partial charge in [-0.25, -0.2) is 14.8 Å². The fourth-order valence-electron chi connectivity index (χ4n) is 3.14. The van der Waals surface area contributed by atoms with Crippen LogP contribution in [0, 0.1) is 0 Å². The highest BCUT2D eigenvalue weighted by atomic mass is 16.5. The second-order valence-electron chi connectivity index (χ2n) is 6.67. The number of fused-ring (bicyclic) bond motifs is 1. The maximum absolute atomic E-state index is 12.4. The standard InChI is InChI=1S/C22H22N6O4/c1-4-32-21(29)16-13-25-22(24-12-14-5-6-17(30-2)18(11-14)31-3)28-20(16)26-19(27-28)15-7-9-23-10-8-15/h5-11,13H,4,12H2,1-3H3,(H,24,25). The van der Waals surface area contributed by atoms with Crippen LogP contribution in [0.4, 0.5) is 5.95 Å². The van der Waals surface area contributed by atoms with Crippen LogP contribution < -0.4 is 14.8 Å². The molecular weight excluding hydrogens is 412 g/mol. The summed E-state index contributed by atoms with van der Waals surface area (Å²) in [6, 6.07) is 9.22. The predicted molar refractivity (Wildman–Crippen MR) is 117 cm³/mol. The van der Waals surface area contributed by atoms with E-state index in [1.54, 1.807) is 45.7 Å². The average Bonchev–Trinajstić information content (AvgIpc) is 3.28. The molecule has 1 aromatic carbocycles. The first-order valence-electron chi connectivity index (χ1n) is 9.92. The summed E-state index contributed by atoms with van der Waals surface area (Å²) < 4.78 is 17.3. The van der Waals surface area contributed by atoms with E-state index in [0.717, 1.165) is 11.1 Å². The number of hydrogen-bond acceptors (Lipinski definition) is 9. The Bertz CT molecular complexity index is 1240. The molecule has 0 bridgehead atoms. The third kappa shape index (κ3) is 4.15. The van der Waals surface area contributed by atoms with Gasteiger partial charge in [0, 0.05) is 30.7 Å². The van der Waals surface area contributed by atoms with Crippen molar-refractivity contribution in [2.75, 3.05) is 26.1 Å². The van der Waals surface area contributed by atoms with E-state index in [2.05, 4.69) is 25.4 Å². The van der Waals surface area contributed by atoms with Gasteiger partial charge in [0.15, 0.2) is 23.0 Å². The molecule has 164 valence electrons. The Kier molecular flexibility index (Phi) is 6.11. The molecule has 0 fully saturated rings. The van der Waals surface area contributed by atoms with Crippen LogP contribution in [0.15, 0.2) is 48.9 Å². The van der Waals surface area contributed by atoms with Crippen LogP contribution in [0.25, 0.3) is 17.0 Å². The minimum atomic E-state index is -0.509. The third-order valence-corrected chi connectivity index (χ3v) is 4.70. The van der Waals surface area contributed by atoms with Crippen LogP contribution in [0.1, 0.15) is 22.8 Å². The molecule has 0 saturated carbocycles. The number of aromatic nitrogens is 5. The monoisotopic (exact) mass is 434 g/mol. The zero-order chi connectivity index (χ0) is 22.5. The van der Waals surface area contributed by atoms with Gasteiger partial charge in [-0.3, -0.25) is 4.98 Å². The van der Waals surface area contributed by atoms with E-state index >= 15 is 0 Å². The maximum atomic E-state index is 12.4. The number of methoxy groups -OCH3 is 2. The third-order valence-electron chi connectivity index (χ3n) is 4.70. The Morgan fingerprint density at radius 3 is 2.59 bits per heavy atom. The molecule has 3 heterocycles. The molecule has 0 atom stereocenters. The van der Waals surface area contributed by atoms with Crippen molar-refractivity contribution < 1.29 is 19.0 Å². The first kappa shape index (κ1) is 21.0. The predicted octanol–water partition coefficient (Wildman–Crippen LogP) is 2.99. The fourth-order valence-corrected chi connectivity index (χ4v) is 3.14. The van der Waals surface area contributed by atoms with Crippen molar-refractivity contribution >= 4 is 17.6 Å². The highest BCUT2D eigenvalue weighted by Crippen LogP contribution is 2.28. The van der Waals surface area contributed by atoms with Gasteiger partial charge in [0.05, 0.1) is 20.8 Å². The molecule has 4 rings (SSSR count). The molecule has 0 radical (unpaired) electrons. The number of esters is 1. The number of benzene rings is 1. The number of carbonyl (C=O) groups excluding carboxylic acids is 1. The number of rotatable bonds is 8. The SMILES string of the molecule is CCOC(=O)c1cnc(NCc2ccc(OC)c(OC)c2)n2nc(-c3ccncc3)nc12. The number of carbonyl (C=O) groups is 1. The van der Waals surface area contributed by atoms with Gasteiger partial charge in [-0.2, -0.15) is 4.52 Å². The smallest absolute Gasteiger partial charge is 0.343 e. The molecule has 32 heavy (non-hydrogen) atoms. The summed E-state index contributed by atoms with van der Waals surface area (Å²) >= 11 is 0. The molecule has 4 aromatic rings. The summed E-state index contributed by atoms with van der Waals surface area (Å²) in [6.07, 6.45) is 4.75. The minimum absolute atomic E-state index is 0.233. The first-order valence-corrected chi connectivity index (χ1v) is 9.92. The molecule has 0 unspecified atom stereocenters. The molecule has 0 saturated heterocycles. The van der Waals surface area contributed by atoms with Crippen LogP contribution in [0.3, 0.4) is 0 Å². The second kappa shape index (κ2) is 9.29. The average molecular weight is 434 g/mol. The van der Waals surface area contributed by atoms with Gasteiger partial charge in [0.2, 0.25) is 5.95 Å². The zero-order valence-corrected chi connectivity index (χ0v) is 17.9. The normalized spacial score (nSPS) is 10.7. The number of nitrogens with one attached hydrogen (secondary N) is 1. The van der Waals surface area contributed by atoms with E-state index in [-0.39, 0.29) is 12.2 Å². The maximum Gasteiger partial charge on any atom is 0.343 e. The van der Waals surface area contributed by atoms with Crippen molar-refractivity contribution in [3.63, 3.8) is 0 Å².